The van der Waals surface area contributed by atoms with Crippen LogP contribution in [0.4, 0.5) is 0 Å². The molecule has 0 aromatic heterocycles. The minimum absolute atomic E-state index is 0.0419. The number of amidine groups is 1. The van der Waals surface area contributed by atoms with Crippen molar-refractivity contribution in [3.8, 4) is 5.75 Å². The van der Waals surface area contributed by atoms with Crippen LogP contribution in [0.1, 0.15) is 29.7 Å². The van der Waals surface area contributed by atoms with Crippen LogP contribution in [-0.2, 0) is 0 Å². The molecule has 0 bridgehead atoms. The molecule has 0 radical (unpaired) electrons. The minimum Gasteiger partial charge on any atom is -0.485 e. The molecular weight excluding hydrogens is 252 g/mol. The lowest BCUT2D eigenvalue weighted by Crippen LogP contribution is -2.16. The van der Waals surface area contributed by atoms with E-state index in [1.54, 1.807) is 6.07 Å². The Labute approximate surface area is 118 Å². The highest BCUT2D eigenvalue weighted by molar-refractivity contribution is 5.99. The van der Waals surface area contributed by atoms with Crippen molar-refractivity contribution >= 4 is 5.84 Å². The van der Waals surface area contributed by atoms with Crippen molar-refractivity contribution in [3.05, 3.63) is 65.2 Å². The third-order valence-corrected chi connectivity index (χ3v) is 3.09. The summed E-state index contributed by atoms with van der Waals surface area (Å²) in [6.45, 7) is 3.93. The smallest absolute Gasteiger partial charge is 0.173 e. The van der Waals surface area contributed by atoms with Crippen molar-refractivity contribution < 1.29 is 9.94 Å². The van der Waals surface area contributed by atoms with E-state index in [0.29, 0.717) is 11.3 Å². The average molecular weight is 270 g/mol. The molecule has 3 N–H and O–H groups in total. The van der Waals surface area contributed by atoms with E-state index >= 15 is 0 Å². The second kappa shape index (κ2) is 6.10. The number of oxime groups is 1. The van der Waals surface area contributed by atoms with E-state index < -0.39 is 0 Å². The van der Waals surface area contributed by atoms with Crippen LogP contribution < -0.4 is 10.5 Å². The summed E-state index contributed by atoms with van der Waals surface area (Å²) in [5, 5.41) is 11.9. The summed E-state index contributed by atoms with van der Waals surface area (Å²) in [5.74, 6) is 0.650. The second-order valence-corrected chi connectivity index (χ2v) is 4.66. The van der Waals surface area contributed by atoms with Crippen LogP contribution in [0.3, 0.4) is 0 Å². The van der Waals surface area contributed by atoms with Crippen molar-refractivity contribution in [3.63, 3.8) is 0 Å². The fourth-order valence-electron chi connectivity index (χ4n) is 1.98. The maximum atomic E-state index is 8.84. The van der Waals surface area contributed by atoms with Gasteiger partial charge in [0.05, 0.1) is 5.56 Å². The molecule has 0 saturated heterocycles. The van der Waals surface area contributed by atoms with Crippen LogP contribution in [0, 0.1) is 6.92 Å². The van der Waals surface area contributed by atoms with E-state index in [9.17, 15) is 0 Å². The van der Waals surface area contributed by atoms with Crippen LogP contribution in [0.15, 0.2) is 53.7 Å². The normalized spacial score (nSPS) is 13.0. The number of benzene rings is 2. The average Bonchev–Trinajstić information content (AvgIpc) is 2.47. The molecule has 0 amide bonds. The highest BCUT2D eigenvalue weighted by Crippen LogP contribution is 2.26. The lowest BCUT2D eigenvalue weighted by Gasteiger charge is -2.18. The molecule has 0 aliphatic rings. The highest BCUT2D eigenvalue weighted by Gasteiger charge is 2.13. The first kappa shape index (κ1) is 13.9. The second-order valence-electron chi connectivity index (χ2n) is 4.66. The van der Waals surface area contributed by atoms with Gasteiger partial charge >= 0.3 is 0 Å². The summed E-state index contributed by atoms with van der Waals surface area (Å²) in [6, 6.07) is 15.5. The zero-order chi connectivity index (χ0) is 14.5. The molecule has 0 aliphatic carbocycles. The minimum atomic E-state index is -0.122. The van der Waals surface area contributed by atoms with E-state index in [4.69, 9.17) is 15.7 Å². The molecule has 2 aromatic rings. The molecule has 20 heavy (non-hydrogen) atoms. The van der Waals surface area contributed by atoms with E-state index in [-0.39, 0.29) is 11.9 Å². The van der Waals surface area contributed by atoms with Crippen molar-refractivity contribution in [2.24, 2.45) is 10.9 Å². The summed E-state index contributed by atoms with van der Waals surface area (Å²) in [5.41, 5.74) is 8.38. The molecular formula is C16H18N2O2. The Hall–Kier alpha value is -2.49. The van der Waals surface area contributed by atoms with Crippen molar-refractivity contribution in [1.82, 2.24) is 0 Å². The third-order valence-electron chi connectivity index (χ3n) is 3.09. The Balaban J connectivity index is 2.31. The zero-order valence-corrected chi connectivity index (χ0v) is 11.6. The van der Waals surface area contributed by atoms with Gasteiger partial charge in [0.1, 0.15) is 11.9 Å². The Morgan fingerprint density at radius 1 is 1.20 bits per heavy atom. The van der Waals surface area contributed by atoms with Gasteiger partial charge in [-0.05, 0) is 37.1 Å². The molecule has 0 heterocycles. The molecule has 0 aliphatic heterocycles. The predicted octanol–water partition coefficient (Wildman–Crippen LogP) is 3.23. The third kappa shape index (κ3) is 3.09. The maximum Gasteiger partial charge on any atom is 0.173 e. The number of ether oxygens (including phenoxy) is 1. The Morgan fingerprint density at radius 3 is 2.55 bits per heavy atom. The van der Waals surface area contributed by atoms with E-state index in [2.05, 4.69) is 5.16 Å². The van der Waals surface area contributed by atoms with Crippen LogP contribution in [-0.4, -0.2) is 11.0 Å². The van der Waals surface area contributed by atoms with Gasteiger partial charge in [0.2, 0.25) is 0 Å². The quantitative estimate of drug-likeness (QED) is 0.388. The molecule has 0 fully saturated rings. The van der Waals surface area contributed by atoms with Crippen LogP contribution in [0.5, 0.6) is 5.75 Å². The summed E-state index contributed by atoms with van der Waals surface area (Å²) in [7, 11) is 0. The first-order chi connectivity index (χ1) is 9.61. The van der Waals surface area contributed by atoms with Gasteiger partial charge in [0.25, 0.3) is 0 Å². The Kier molecular flexibility index (Phi) is 4.25. The van der Waals surface area contributed by atoms with Gasteiger partial charge in [-0.3, -0.25) is 0 Å². The lowest BCUT2D eigenvalue weighted by atomic mass is 10.1. The number of hydrogen-bond donors (Lipinski definition) is 2. The Morgan fingerprint density at radius 2 is 1.90 bits per heavy atom. The monoisotopic (exact) mass is 270 g/mol. The topological polar surface area (TPSA) is 67.8 Å². The van der Waals surface area contributed by atoms with Gasteiger partial charge < -0.3 is 15.7 Å². The fourth-order valence-corrected chi connectivity index (χ4v) is 1.98. The first-order valence-corrected chi connectivity index (χ1v) is 6.42. The number of hydrogen-bond acceptors (Lipinski definition) is 3. The van der Waals surface area contributed by atoms with Gasteiger partial charge in [-0.15, -0.1) is 0 Å². The molecule has 0 spiro atoms. The zero-order valence-electron chi connectivity index (χ0n) is 11.6. The lowest BCUT2D eigenvalue weighted by molar-refractivity contribution is 0.226. The van der Waals surface area contributed by atoms with E-state index in [0.717, 1.165) is 11.1 Å². The standard InChI is InChI=1S/C16H18N2O2/c1-11-8-9-14(16(17)18-19)15(10-11)20-12(2)13-6-4-3-5-7-13/h3-10,12,19H,1-2H3,(H2,17,18). The van der Waals surface area contributed by atoms with Crippen molar-refractivity contribution in [1.29, 1.82) is 0 Å². The number of nitrogens with two attached hydrogens (primary N) is 1. The Bertz CT molecular complexity index is 609. The molecule has 4 nitrogen and oxygen atoms in total. The van der Waals surface area contributed by atoms with Gasteiger partial charge in [-0.25, -0.2) is 0 Å². The van der Waals surface area contributed by atoms with Crippen molar-refractivity contribution in [2.45, 2.75) is 20.0 Å². The van der Waals surface area contributed by atoms with Gasteiger partial charge in [0.15, 0.2) is 5.84 Å². The van der Waals surface area contributed by atoms with Gasteiger partial charge in [-0.1, -0.05) is 41.6 Å². The molecule has 2 rings (SSSR count). The fraction of sp³-hybridized carbons (Fsp3) is 0.188. The first-order valence-electron chi connectivity index (χ1n) is 6.42. The molecule has 1 atom stereocenters. The molecule has 104 valence electrons. The molecule has 0 saturated carbocycles. The van der Waals surface area contributed by atoms with Crippen LogP contribution in [0.2, 0.25) is 0 Å². The molecule has 1 unspecified atom stereocenters. The number of nitrogens with zero attached hydrogens (tertiary/aromatic N) is 1. The van der Waals surface area contributed by atoms with Gasteiger partial charge in [-0.2, -0.15) is 0 Å². The molecule has 2 aromatic carbocycles. The number of rotatable bonds is 4. The maximum absolute atomic E-state index is 8.84. The highest BCUT2D eigenvalue weighted by atomic mass is 16.5. The predicted molar refractivity (Wildman–Crippen MR) is 79.2 cm³/mol. The van der Waals surface area contributed by atoms with Gasteiger partial charge in [0, 0.05) is 0 Å². The van der Waals surface area contributed by atoms with Crippen molar-refractivity contribution in [2.75, 3.05) is 0 Å². The largest absolute Gasteiger partial charge is 0.485 e. The number of aryl methyl sites for hydroxylation is 1. The van der Waals surface area contributed by atoms with E-state index in [1.807, 2.05) is 56.3 Å². The summed E-state index contributed by atoms with van der Waals surface area (Å²) < 4.78 is 5.96. The van der Waals surface area contributed by atoms with E-state index in [1.165, 1.54) is 0 Å². The SMILES string of the molecule is Cc1ccc(C(N)=NO)c(OC(C)c2ccccc2)c1. The van der Waals surface area contributed by atoms with Crippen LogP contribution in [0.25, 0.3) is 0 Å². The summed E-state index contributed by atoms with van der Waals surface area (Å²) >= 11 is 0. The summed E-state index contributed by atoms with van der Waals surface area (Å²) in [4.78, 5) is 0. The summed E-state index contributed by atoms with van der Waals surface area (Å²) in [6.07, 6.45) is -0.122. The van der Waals surface area contributed by atoms with Crippen LogP contribution >= 0.6 is 0 Å². The molecule has 4 heteroatoms.